The van der Waals surface area contributed by atoms with Gasteiger partial charge in [-0.05, 0) is 49.1 Å². The number of benzene rings is 2. The van der Waals surface area contributed by atoms with Crippen LogP contribution < -0.4 is 10.1 Å². The van der Waals surface area contributed by atoms with Crippen molar-refractivity contribution in [3.05, 3.63) is 58.4 Å². The van der Waals surface area contributed by atoms with E-state index in [1.807, 2.05) is 39.0 Å². The van der Waals surface area contributed by atoms with E-state index in [-0.39, 0.29) is 41.9 Å². The SMILES string of the molecule is Cc1ccc(C)c(NC(=O)COc2ccc(F)c3c2C(=O)CC3C)c1. The maximum atomic E-state index is 14.0. The molecule has 3 rings (SSSR count). The van der Waals surface area contributed by atoms with Crippen LogP contribution in [0, 0.1) is 19.7 Å². The van der Waals surface area contributed by atoms with E-state index in [4.69, 9.17) is 4.74 Å². The summed E-state index contributed by atoms with van der Waals surface area (Å²) in [4.78, 5) is 24.3. The summed E-state index contributed by atoms with van der Waals surface area (Å²) in [6, 6.07) is 8.48. The Bertz CT molecular complexity index is 860. The number of fused-ring (bicyclic) bond motifs is 1. The van der Waals surface area contributed by atoms with Crippen molar-refractivity contribution in [3.63, 3.8) is 0 Å². The molecule has 1 amide bonds. The third-order valence-electron chi connectivity index (χ3n) is 4.44. The van der Waals surface area contributed by atoms with Gasteiger partial charge in [0.15, 0.2) is 12.4 Å². The number of Topliss-reactive ketones (excluding diaryl/α,β-unsaturated/α-hetero) is 1. The summed E-state index contributed by atoms with van der Waals surface area (Å²) >= 11 is 0. The van der Waals surface area contributed by atoms with Gasteiger partial charge in [-0.15, -0.1) is 0 Å². The smallest absolute Gasteiger partial charge is 0.262 e. The summed E-state index contributed by atoms with van der Waals surface area (Å²) < 4.78 is 19.5. The molecule has 0 spiro atoms. The number of rotatable bonds is 4. The van der Waals surface area contributed by atoms with Crippen molar-refractivity contribution in [2.45, 2.75) is 33.1 Å². The lowest BCUT2D eigenvalue weighted by molar-refractivity contribution is -0.118. The van der Waals surface area contributed by atoms with Crippen molar-refractivity contribution >= 4 is 17.4 Å². The second-order valence-corrected chi connectivity index (χ2v) is 6.52. The van der Waals surface area contributed by atoms with Crippen molar-refractivity contribution in [3.8, 4) is 5.75 Å². The average Bonchev–Trinajstić information content (AvgIpc) is 2.86. The predicted molar refractivity (Wildman–Crippen MR) is 93.8 cm³/mol. The van der Waals surface area contributed by atoms with Crippen LogP contribution >= 0.6 is 0 Å². The first-order chi connectivity index (χ1) is 11.9. The number of nitrogens with one attached hydrogen (secondary N) is 1. The molecule has 5 heteroatoms. The highest BCUT2D eigenvalue weighted by Crippen LogP contribution is 2.39. The molecule has 0 aromatic heterocycles. The van der Waals surface area contributed by atoms with E-state index in [0.717, 1.165) is 16.8 Å². The van der Waals surface area contributed by atoms with Gasteiger partial charge >= 0.3 is 0 Å². The van der Waals surface area contributed by atoms with Gasteiger partial charge in [-0.25, -0.2) is 4.39 Å². The van der Waals surface area contributed by atoms with E-state index < -0.39 is 5.82 Å². The standard InChI is InChI=1S/C20H20FNO3/c1-11-4-5-12(2)15(8-11)22-18(24)10-25-17-7-6-14(21)19-13(3)9-16(23)20(17)19/h4-8,13H,9-10H2,1-3H3,(H,22,24). The van der Waals surface area contributed by atoms with E-state index in [9.17, 15) is 14.0 Å². The molecule has 2 aromatic rings. The van der Waals surface area contributed by atoms with Crippen LogP contribution in [0.5, 0.6) is 5.75 Å². The van der Waals surface area contributed by atoms with Gasteiger partial charge in [0.2, 0.25) is 0 Å². The van der Waals surface area contributed by atoms with E-state index in [2.05, 4.69) is 5.32 Å². The van der Waals surface area contributed by atoms with Crippen molar-refractivity contribution in [1.29, 1.82) is 0 Å². The molecule has 4 nitrogen and oxygen atoms in total. The number of halogens is 1. The zero-order chi connectivity index (χ0) is 18.1. The molecule has 0 radical (unpaired) electrons. The molecule has 130 valence electrons. The minimum absolute atomic E-state index is 0.146. The number of ketones is 1. The Morgan fingerprint density at radius 3 is 2.80 bits per heavy atom. The first kappa shape index (κ1) is 17.1. The van der Waals surface area contributed by atoms with Crippen molar-refractivity contribution in [2.24, 2.45) is 0 Å². The van der Waals surface area contributed by atoms with Gasteiger partial charge in [0.25, 0.3) is 5.91 Å². The zero-order valence-electron chi connectivity index (χ0n) is 14.5. The number of aryl methyl sites for hydroxylation is 2. The van der Waals surface area contributed by atoms with Crippen LogP contribution in [0.15, 0.2) is 30.3 Å². The predicted octanol–water partition coefficient (Wildman–Crippen LogP) is 4.15. The van der Waals surface area contributed by atoms with Gasteiger partial charge in [0.1, 0.15) is 11.6 Å². The molecule has 1 aliphatic carbocycles. The number of anilines is 1. The Morgan fingerprint density at radius 2 is 2.04 bits per heavy atom. The monoisotopic (exact) mass is 341 g/mol. The summed E-state index contributed by atoms with van der Waals surface area (Å²) in [5, 5.41) is 2.80. The third kappa shape index (κ3) is 3.40. The summed E-state index contributed by atoms with van der Waals surface area (Å²) in [6.07, 6.45) is 0.265. The Hall–Kier alpha value is -2.69. The van der Waals surface area contributed by atoms with Crippen LogP contribution in [-0.4, -0.2) is 18.3 Å². The van der Waals surface area contributed by atoms with Crippen LogP contribution in [-0.2, 0) is 4.79 Å². The van der Waals surface area contributed by atoms with Crippen LogP contribution in [0.25, 0.3) is 0 Å². The Kier molecular flexibility index (Phi) is 4.57. The van der Waals surface area contributed by atoms with Crippen LogP contribution in [0.3, 0.4) is 0 Å². The van der Waals surface area contributed by atoms with Gasteiger partial charge in [-0.1, -0.05) is 19.1 Å². The Labute approximate surface area is 146 Å². The lowest BCUT2D eigenvalue weighted by atomic mass is 10.0. The molecule has 2 aromatic carbocycles. The molecule has 0 bridgehead atoms. The minimum atomic E-state index is -0.402. The first-order valence-corrected chi connectivity index (χ1v) is 8.22. The normalized spacial score (nSPS) is 15.8. The second kappa shape index (κ2) is 6.67. The lowest BCUT2D eigenvalue weighted by Gasteiger charge is -2.13. The van der Waals surface area contributed by atoms with Crippen LogP contribution in [0.2, 0.25) is 0 Å². The molecular weight excluding hydrogens is 321 g/mol. The fourth-order valence-corrected chi connectivity index (χ4v) is 3.15. The number of amides is 1. The topological polar surface area (TPSA) is 55.4 Å². The first-order valence-electron chi connectivity index (χ1n) is 8.22. The quantitative estimate of drug-likeness (QED) is 0.909. The number of hydrogen-bond donors (Lipinski definition) is 1. The second-order valence-electron chi connectivity index (χ2n) is 6.52. The fourth-order valence-electron chi connectivity index (χ4n) is 3.15. The number of ether oxygens (including phenoxy) is 1. The Balaban J connectivity index is 1.73. The van der Waals surface area contributed by atoms with Gasteiger partial charge < -0.3 is 10.1 Å². The van der Waals surface area contributed by atoms with Gasteiger partial charge in [0.05, 0.1) is 5.56 Å². The highest BCUT2D eigenvalue weighted by molar-refractivity contribution is 6.04. The maximum absolute atomic E-state index is 14.0. The molecule has 0 saturated carbocycles. The number of hydrogen-bond acceptors (Lipinski definition) is 3. The largest absolute Gasteiger partial charge is 0.483 e. The molecule has 0 saturated heterocycles. The molecule has 25 heavy (non-hydrogen) atoms. The molecule has 1 unspecified atom stereocenters. The molecular formula is C20H20FNO3. The fraction of sp³-hybridized carbons (Fsp3) is 0.300. The van der Waals surface area contributed by atoms with E-state index in [1.54, 1.807) is 0 Å². The van der Waals surface area contributed by atoms with Gasteiger partial charge in [-0.2, -0.15) is 0 Å². The molecule has 1 atom stereocenters. The molecule has 0 aliphatic heterocycles. The van der Waals surface area contributed by atoms with Gasteiger partial charge in [0, 0.05) is 17.7 Å². The van der Waals surface area contributed by atoms with Crippen LogP contribution in [0.4, 0.5) is 10.1 Å². The van der Waals surface area contributed by atoms with Crippen molar-refractivity contribution in [1.82, 2.24) is 0 Å². The lowest BCUT2D eigenvalue weighted by Crippen LogP contribution is -2.21. The summed E-state index contributed by atoms with van der Waals surface area (Å²) in [6.45, 7) is 5.42. The highest BCUT2D eigenvalue weighted by Gasteiger charge is 2.32. The number of carbonyl (C=O) groups excluding carboxylic acids is 2. The van der Waals surface area contributed by atoms with Crippen molar-refractivity contribution in [2.75, 3.05) is 11.9 Å². The van der Waals surface area contributed by atoms with Crippen LogP contribution in [0.1, 0.15) is 46.3 Å². The molecule has 1 aliphatic rings. The summed E-state index contributed by atoms with van der Waals surface area (Å²) in [7, 11) is 0. The van der Waals surface area contributed by atoms with Crippen molar-refractivity contribution < 1.29 is 18.7 Å². The third-order valence-corrected chi connectivity index (χ3v) is 4.44. The summed E-state index contributed by atoms with van der Waals surface area (Å²) in [5.41, 5.74) is 3.37. The van der Waals surface area contributed by atoms with E-state index in [0.29, 0.717) is 5.56 Å². The summed E-state index contributed by atoms with van der Waals surface area (Å²) in [5.74, 6) is -0.783. The number of carbonyl (C=O) groups is 2. The van der Waals surface area contributed by atoms with Gasteiger partial charge in [-0.3, -0.25) is 9.59 Å². The minimum Gasteiger partial charge on any atom is -0.483 e. The average molecular weight is 341 g/mol. The zero-order valence-corrected chi connectivity index (χ0v) is 14.5. The van der Waals surface area contributed by atoms with E-state index in [1.165, 1.54) is 12.1 Å². The highest BCUT2D eigenvalue weighted by atomic mass is 19.1. The molecule has 0 fully saturated rings. The van der Waals surface area contributed by atoms with E-state index >= 15 is 0 Å². The molecule has 1 N–H and O–H groups in total. The maximum Gasteiger partial charge on any atom is 0.262 e. The Morgan fingerprint density at radius 1 is 1.28 bits per heavy atom. The molecule has 0 heterocycles.